The molecule has 2 atom stereocenters. The topological polar surface area (TPSA) is 64.4 Å². The maximum atomic E-state index is 12.3. The van der Waals surface area contributed by atoms with E-state index in [1.807, 2.05) is 41.8 Å². The van der Waals surface area contributed by atoms with Crippen molar-refractivity contribution < 1.29 is 14.1 Å². The molecule has 3 heterocycles. The van der Waals surface area contributed by atoms with Gasteiger partial charge in [0.1, 0.15) is 0 Å². The number of hydrogen-bond acceptors (Lipinski definition) is 6. The highest BCUT2D eigenvalue weighted by molar-refractivity contribution is 7.99. The zero-order valence-electron chi connectivity index (χ0n) is 16.1. The van der Waals surface area contributed by atoms with E-state index in [1.54, 1.807) is 23.1 Å². The Morgan fingerprint density at radius 1 is 1.24 bits per heavy atom. The summed E-state index contributed by atoms with van der Waals surface area (Å²) in [6, 6.07) is 16.2. The number of nitrogens with zero attached hydrogens (tertiary/aromatic N) is 1. The molecule has 1 fully saturated rings. The molecule has 0 spiro atoms. The average Bonchev–Trinajstić information content (AvgIpc) is 3.45. The van der Waals surface area contributed by atoms with Gasteiger partial charge >= 0.3 is 0 Å². The maximum absolute atomic E-state index is 12.3. The number of ether oxygens (including phenoxy) is 1. The van der Waals surface area contributed by atoms with E-state index in [2.05, 4.69) is 22.6 Å². The third kappa shape index (κ3) is 5.50. The first-order valence-corrected chi connectivity index (χ1v) is 11.8. The van der Waals surface area contributed by atoms with Crippen LogP contribution in [0.1, 0.15) is 30.2 Å². The fourth-order valence-corrected chi connectivity index (χ4v) is 4.93. The summed E-state index contributed by atoms with van der Waals surface area (Å²) in [6.07, 6.45) is 2.16. The standard InChI is InChI=1S/C22H24N2O3S2/c25-21(15-28-14-18-12-19(27-24-18)20-9-5-11-29-20)23-13-17-8-4-10-26-22(17)16-6-2-1-3-7-16/h1-3,5-7,9,11-12,17,22H,4,8,10,13-15H2,(H,23,25). The van der Waals surface area contributed by atoms with Gasteiger partial charge in [-0.05, 0) is 29.9 Å². The molecule has 1 aliphatic rings. The lowest BCUT2D eigenvalue weighted by Gasteiger charge is -2.32. The minimum Gasteiger partial charge on any atom is -0.373 e. The van der Waals surface area contributed by atoms with Gasteiger partial charge in [-0.2, -0.15) is 0 Å². The molecule has 2 aromatic heterocycles. The van der Waals surface area contributed by atoms with Crippen LogP contribution in [0.4, 0.5) is 0 Å². The van der Waals surface area contributed by atoms with Crippen LogP contribution in [0, 0.1) is 5.92 Å². The Hall–Kier alpha value is -2.09. The predicted molar refractivity (Wildman–Crippen MR) is 117 cm³/mol. The summed E-state index contributed by atoms with van der Waals surface area (Å²) in [7, 11) is 0. The molecule has 0 bridgehead atoms. The maximum Gasteiger partial charge on any atom is 0.230 e. The minimum absolute atomic E-state index is 0.0503. The highest BCUT2D eigenvalue weighted by Gasteiger charge is 2.27. The first kappa shape index (κ1) is 20.2. The van der Waals surface area contributed by atoms with Gasteiger partial charge in [-0.3, -0.25) is 4.79 Å². The number of carbonyl (C=O) groups excluding carboxylic acids is 1. The second kappa shape index (κ2) is 10.1. The van der Waals surface area contributed by atoms with Gasteiger partial charge < -0.3 is 14.6 Å². The molecular formula is C22H24N2O3S2. The van der Waals surface area contributed by atoms with Gasteiger partial charge in [-0.25, -0.2) is 0 Å². The molecule has 7 heteroatoms. The third-order valence-electron chi connectivity index (χ3n) is 4.94. The van der Waals surface area contributed by atoms with Crippen LogP contribution in [0.25, 0.3) is 10.6 Å². The molecule has 5 nitrogen and oxygen atoms in total. The Labute approximate surface area is 178 Å². The number of hydrogen-bond donors (Lipinski definition) is 1. The highest BCUT2D eigenvalue weighted by atomic mass is 32.2. The lowest BCUT2D eigenvalue weighted by Crippen LogP contribution is -2.35. The molecule has 1 aromatic carbocycles. The number of thiophene rings is 1. The summed E-state index contributed by atoms with van der Waals surface area (Å²) in [5.74, 6) is 2.20. The van der Waals surface area contributed by atoms with Crippen molar-refractivity contribution in [2.75, 3.05) is 18.9 Å². The van der Waals surface area contributed by atoms with Crippen LogP contribution in [-0.2, 0) is 15.3 Å². The van der Waals surface area contributed by atoms with Crippen molar-refractivity contribution >= 4 is 29.0 Å². The fraction of sp³-hybridized carbons (Fsp3) is 0.364. The summed E-state index contributed by atoms with van der Waals surface area (Å²) < 4.78 is 11.4. The number of thioether (sulfide) groups is 1. The summed E-state index contributed by atoms with van der Waals surface area (Å²) in [6.45, 7) is 1.43. The number of aromatic nitrogens is 1. The summed E-state index contributed by atoms with van der Waals surface area (Å²) >= 11 is 3.17. The van der Waals surface area contributed by atoms with E-state index in [9.17, 15) is 4.79 Å². The summed E-state index contributed by atoms with van der Waals surface area (Å²) in [4.78, 5) is 13.4. The van der Waals surface area contributed by atoms with E-state index in [-0.39, 0.29) is 12.0 Å². The van der Waals surface area contributed by atoms with Crippen LogP contribution in [0.2, 0.25) is 0 Å². The van der Waals surface area contributed by atoms with Gasteiger partial charge in [-0.1, -0.05) is 41.6 Å². The van der Waals surface area contributed by atoms with E-state index >= 15 is 0 Å². The number of carbonyl (C=O) groups is 1. The molecule has 1 N–H and O–H groups in total. The Morgan fingerprint density at radius 3 is 2.97 bits per heavy atom. The molecular weight excluding hydrogens is 404 g/mol. The number of amides is 1. The van der Waals surface area contributed by atoms with Gasteiger partial charge in [0.25, 0.3) is 0 Å². The third-order valence-corrected chi connectivity index (χ3v) is 6.79. The fourth-order valence-electron chi connectivity index (χ4n) is 3.52. The Balaban J connectivity index is 1.21. The van der Waals surface area contributed by atoms with E-state index in [0.717, 1.165) is 35.8 Å². The predicted octanol–water partition coefficient (Wildman–Crippen LogP) is 4.92. The molecule has 1 aliphatic heterocycles. The first-order valence-electron chi connectivity index (χ1n) is 9.80. The van der Waals surface area contributed by atoms with Crippen LogP contribution >= 0.6 is 23.1 Å². The average molecular weight is 429 g/mol. The Kier molecular flexibility index (Phi) is 7.03. The van der Waals surface area contributed by atoms with Crippen LogP contribution in [-0.4, -0.2) is 30.0 Å². The van der Waals surface area contributed by atoms with E-state index in [1.165, 1.54) is 5.56 Å². The SMILES string of the molecule is O=C(CSCc1cc(-c2cccs2)on1)NCC1CCCOC1c1ccccc1. The lowest BCUT2D eigenvalue weighted by molar-refractivity contribution is -0.119. The molecule has 29 heavy (non-hydrogen) atoms. The summed E-state index contributed by atoms with van der Waals surface area (Å²) in [5.41, 5.74) is 2.05. The molecule has 4 rings (SSSR count). The van der Waals surface area contributed by atoms with Crippen molar-refractivity contribution in [3.8, 4) is 10.6 Å². The van der Waals surface area contributed by atoms with Crippen molar-refractivity contribution in [2.45, 2.75) is 24.7 Å². The quantitative estimate of drug-likeness (QED) is 0.552. The van der Waals surface area contributed by atoms with Crippen LogP contribution < -0.4 is 5.32 Å². The number of nitrogens with one attached hydrogen (secondary N) is 1. The zero-order chi connectivity index (χ0) is 19.9. The van der Waals surface area contributed by atoms with Gasteiger partial charge in [0.15, 0.2) is 5.76 Å². The van der Waals surface area contributed by atoms with Gasteiger partial charge in [0.2, 0.25) is 5.91 Å². The van der Waals surface area contributed by atoms with Gasteiger partial charge in [0.05, 0.1) is 22.4 Å². The largest absolute Gasteiger partial charge is 0.373 e. The molecule has 1 saturated heterocycles. The van der Waals surface area contributed by atoms with Crippen LogP contribution in [0.15, 0.2) is 58.4 Å². The van der Waals surface area contributed by atoms with E-state index in [0.29, 0.717) is 24.0 Å². The molecule has 0 saturated carbocycles. The first-order chi connectivity index (χ1) is 14.3. The Morgan fingerprint density at radius 2 is 2.14 bits per heavy atom. The molecule has 3 aromatic rings. The number of benzene rings is 1. The normalized spacial score (nSPS) is 19.2. The highest BCUT2D eigenvalue weighted by Crippen LogP contribution is 2.33. The summed E-state index contributed by atoms with van der Waals surface area (Å²) in [5, 5.41) is 9.19. The molecule has 1 amide bonds. The molecule has 0 aliphatic carbocycles. The Bertz CT molecular complexity index is 896. The van der Waals surface area contributed by atoms with E-state index in [4.69, 9.17) is 9.26 Å². The monoisotopic (exact) mass is 428 g/mol. The zero-order valence-corrected chi connectivity index (χ0v) is 17.7. The molecule has 2 unspecified atom stereocenters. The van der Waals surface area contributed by atoms with Crippen LogP contribution in [0.3, 0.4) is 0 Å². The van der Waals surface area contributed by atoms with Crippen molar-refractivity contribution in [3.63, 3.8) is 0 Å². The van der Waals surface area contributed by atoms with Crippen molar-refractivity contribution in [1.29, 1.82) is 0 Å². The lowest BCUT2D eigenvalue weighted by atomic mass is 9.89. The van der Waals surface area contributed by atoms with Crippen molar-refractivity contribution in [1.82, 2.24) is 10.5 Å². The molecule has 0 radical (unpaired) electrons. The molecule has 152 valence electrons. The van der Waals surface area contributed by atoms with Gasteiger partial charge in [0, 0.05) is 30.9 Å². The van der Waals surface area contributed by atoms with Crippen molar-refractivity contribution in [3.05, 3.63) is 65.2 Å². The van der Waals surface area contributed by atoms with Crippen LogP contribution in [0.5, 0.6) is 0 Å². The minimum atomic E-state index is 0.0503. The second-order valence-electron chi connectivity index (χ2n) is 7.06. The smallest absolute Gasteiger partial charge is 0.230 e. The second-order valence-corrected chi connectivity index (χ2v) is 8.99. The number of rotatable bonds is 8. The van der Waals surface area contributed by atoms with Crippen molar-refractivity contribution in [2.24, 2.45) is 5.92 Å². The van der Waals surface area contributed by atoms with Gasteiger partial charge in [-0.15, -0.1) is 23.1 Å². The van der Waals surface area contributed by atoms with E-state index < -0.39 is 0 Å².